The molecule has 29 heavy (non-hydrogen) atoms. The average Bonchev–Trinajstić information content (AvgIpc) is 2.98. The van der Waals surface area contributed by atoms with Crippen molar-refractivity contribution in [3.63, 3.8) is 0 Å². The van der Waals surface area contributed by atoms with Crippen LogP contribution in [0, 0.1) is 0 Å². The van der Waals surface area contributed by atoms with Gasteiger partial charge >= 0.3 is 5.97 Å². The molecule has 0 aromatic heterocycles. The van der Waals surface area contributed by atoms with Crippen molar-refractivity contribution in [2.45, 2.75) is 26.2 Å². The number of nitrogens with two attached hydrogens (primary N) is 1. The molecule has 1 heterocycles. The van der Waals surface area contributed by atoms with Gasteiger partial charge in [-0.1, -0.05) is 57.2 Å². The Bertz CT molecular complexity index is 1010. The summed E-state index contributed by atoms with van der Waals surface area (Å²) in [6, 6.07) is 14.9. The number of nitrogens with zero attached hydrogens (tertiary/aromatic N) is 1. The molecule has 2 aromatic carbocycles. The Hall–Kier alpha value is -3.12. The van der Waals surface area contributed by atoms with E-state index < -0.39 is 5.97 Å². The number of aliphatic imine (C=N–C) groups is 1. The van der Waals surface area contributed by atoms with Gasteiger partial charge in [0.05, 0.1) is 4.91 Å². The van der Waals surface area contributed by atoms with E-state index in [1.807, 2.05) is 12.1 Å². The van der Waals surface area contributed by atoms with Crippen LogP contribution in [-0.4, -0.2) is 17.0 Å². The minimum atomic E-state index is -0.460. The summed E-state index contributed by atoms with van der Waals surface area (Å²) >= 11 is 1.13. The summed E-state index contributed by atoms with van der Waals surface area (Å²) in [4.78, 5) is 27.8. The van der Waals surface area contributed by atoms with Gasteiger partial charge in [0.1, 0.15) is 5.75 Å². The van der Waals surface area contributed by atoms with Gasteiger partial charge in [0.15, 0.2) is 5.17 Å². The van der Waals surface area contributed by atoms with E-state index >= 15 is 0 Å². The highest BCUT2D eigenvalue weighted by Crippen LogP contribution is 2.27. The van der Waals surface area contributed by atoms with E-state index in [2.05, 4.69) is 37.9 Å². The van der Waals surface area contributed by atoms with Crippen LogP contribution in [0.2, 0.25) is 0 Å². The molecule has 1 amide bonds. The van der Waals surface area contributed by atoms with Gasteiger partial charge in [-0.05, 0) is 58.2 Å². The van der Waals surface area contributed by atoms with E-state index in [0.29, 0.717) is 10.7 Å². The molecule has 0 fully saturated rings. The Morgan fingerprint density at radius 3 is 2.21 bits per heavy atom. The summed E-state index contributed by atoms with van der Waals surface area (Å²) in [5.41, 5.74) is 8.58. The van der Waals surface area contributed by atoms with Crippen molar-refractivity contribution in [2.24, 2.45) is 10.7 Å². The Morgan fingerprint density at radius 1 is 1.03 bits per heavy atom. The third-order valence-corrected chi connectivity index (χ3v) is 5.03. The second kappa shape index (κ2) is 8.49. The molecule has 0 aliphatic carbocycles. The maximum absolute atomic E-state index is 12.1. The molecular formula is C23H22N2O3S. The molecule has 0 unspecified atom stereocenters. The first-order valence-corrected chi connectivity index (χ1v) is 9.91. The van der Waals surface area contributed by atoms with Gasteiger partial charge < -0.3 is 10.5 Å². The van der Waals surface area contributed by atoms with Gasteiger partial charge in [-0.25, -0.2) is 4.79 Å². The highest BCUT2D eigenvalue weighted by Gasteiger charge is 2.19. The van der Waals surface area contributed by atoms with Crippen molar-refractivity contribution in [2.75, 3.05) is 0 Å². The number of carbonyl (C=O) groups excluding carboxylic acids is 2. The van der Waals surface area contributed by atoms with Gasteiger partial charge in [-0.2, -0.15) is 4.99 Å². The van der Waals surface area contributed by atoms with Gasteiger partial charge in [0.25, 0.3) is 5.91 Å². The van der Waals surface area contributed by atoms with Crippen molar-refractivity contribution in [1.29, 1.82) is 0 Å². The number of thioether (sulfide) groups is 1. The topological polar surface area (TPSA) is 81.8 Å². The Labute approximate surface area is 174 Å². The summed E-state index contributed by atoms with van der Waals surface area (Å²) in [6.07, 6.45) is 4.82. The van der Waals surface area contributed by atoms with E-state index in [-0.39, 0.29) is 16.5 Å². The summed E-state index contributed by atoms with van der Waals surface area (Å²) < 4.78 is 5.32. The smallest absolute Gasteiger partial charge is 0.336 e. The minimum absolute atomic E-state index is 0.0899. The van der Waals surface area contributed by atoms with E-state index in [1.54, 1.807) is 36.4 Å². The number of amides is 1. The molecule has 2 aromatic rings. The van der Waals surface area contributed by atoms with Crippen LogP contribution in [0.25, 0.3) is 12.2 Å². The van der Waals surface area contributed by atoms with E-state index in [4.69, 9.17) is 10.5 Å². The molecule has 6 heteroatoms. The van der Waals surface area contributed by atoms with Crippen molar-refractivity contribution < 1.29 is 14.3 Å². The lowest BCUT2D eigenvalue weighted by atomic mass is 9.87. The zero-order chi connectivity index (χ0) is 21.0. The fourth-order valence-electron chi connectivity index (χ4n) is 2.62. The molecule has 148 valence electrons. The molecule has 2 N–H and O–H groups in total. The summed E-state index contributed by atoms with van der Waals surface area (Å²) in [7, 11) is 0. The van der Waals surface area contributed by atoms with Crippen LogP contribution in [0.3, 0.4) is 0 Å². The lowest BCUT2D eigenvalue weighted by Crippen LogP contribution is -2.10. The van der Waals surface area contributed by atoms with E-state index in [1.165, 1.54) is 11.6 Å². The van der Waals surface area contributed by atoms with Gasteiger partial charge in [-0.3, -0.25) is 4.79 Å². The molecule has 0 bridgehead atoms. The number of amidine groups is 1. The van der Waals surface area contributed by atoms with Gasteiger partial charge in [0, 0.05) is 6.08 Å². The van der Waals surface area contributed by atoms with Crippen LogP contribution in [0.1, 0.15) is 37.5 Å². The molecule has 5 nitrogen and oxygen atoms in total. The first-order chi connectivity index (χ1) is 13.7. The lowest BCUT2D eigenvalue weighted by molar-refractivity contribution is -0.128. The SMILES string of the molecule is CC(C)(C)c1ccc(/C=C/C(=O)Oc2ccc(/C=C3\SC(N)=NC3=O)cc2)cc1. The van der Waals surface area contributed by atoms with Crippen LogP contribution in [-0.2, 0) is 15.0 Å². The third-order valence-electron chi connectivity index (χ3n) is 4.22. The second-order valence-corrected chi connectivity index (χ2v) is 8.62. The summed E-state index contributed by atoms with van der Waals surface area (Å²) in [5.74, 6) is -0.381. The molecule has 3 rings (SSSR count). The van der Waals surface area contributed by atoms with Crippen molar-refractivity contribution in [1.82, 2.24) is 0 Å². The lowest BCUT2D eigenvalue weighted by Gasteiger charge is -2.18. The van der Waals surface area contributed by atoms with Crippen LogP contribution in [0.15, 0.2) is 64.5 Å². The van der Waals surface area contributed by atoms with Gasteiger partial charge in [0.2, 0.25) is 0 Å². The Morgan fingerprint density at radius 2 is 1.66 bits per heavy atom. The van der Waals surface area contributed by atoms with Crippen LogP contribution < -0.4 is 10.5 Å². The molecule has 1 aliphatic rings. The van der Waals surface area contributed by atoms with Crippen molar-refractivity contribution in [3.8, 4) is 5.75 Å². The first-order valence-electron chi connectivity index (χ1n) is 9.09. The molecule has 0 radical (unpaired) electrons. The highest BCUT2D eigenvalue weighted by atomic mass is 32.2. The summed E-state index contributed by atoms with van der Waals surface area (Å²) in [5, 5.41) is 0.242. The number of hydrogen-bond acceptors (Lipinski definition) is 5. The fourth-order valence-corrected chi connectivity index (χ4v) is 3.30. The molecule has 0 spiro atoms. The molecule has 0 atom stereocenters. The number of carbonyl (C=O) groups is 2. The average molecular weight is 407 g/mol. The standard InChI is InChI=1S/C23H22N2O3S/c1-23(2,3)17-9-4-15(5-10-17)8-13-20(26)28-18-11-6-16(7-12-18)14-19-21(27)25-22(24)29-19/h4-14H,1-3H3,(H2,24,25,27)/b13-8+,19-14-. The predicted octanol–water partition coefficient (Wildman–Crippen LogP) is 4.53. The monoisotopic (exact) mass is 406 g/mol. The molecule has 1 aliphatic heterocycles. The van der Waals surface area contributed by atoms with E-state index in [0.717, 1.165) is 22.9 Å². The zero-order valence-electron chi connectivity index (χ0n) is 16.5. The second-order valence-electron chi connectivity index (χ2n) is 7.56. The number of rotatable bonds is 4. The first kappa shape index (κ1) is 20.6. The number of hydrogen-bond donors (Lipinski definition) is 1. The fraction of sp³-hybridized carbons (Fsp3) is 0.174. The largest absolute Gasteiger partial charge is 0.423 e. The van der Waals surface area contributed by atoms with Crippen LogP contribution >= 0.6 is 11.8 Å². The Kier molecular flexibility index (Phi) is 6.03. The van der Waals surface area contributed by atoms with Crippen LogP contribution in [0.5, 0.6) is 5.75 Å². The predicted molar refractivity (Wildman–Crippen MR) is 118 cm³/mol. The van der Waals surface area contributed by atoms with Crippen LogP contribution in [0.4, 0.5) is 0 Å². The highest BCUT2D eigenvalue weighted by molar-refractivity contribution is 8.18. The normalized spacial score (nSPS) is 15.8. The maximum Gasteiger partial charge on any atom is 0.336 e. The van der Waals surface area contributed by atoms with E-state index in [9.17, 15) is 9.59 Å². The number of esters is 1. The quantitative estimate of drug-likeness (QED) is 0.458. The molecular weight excluding hydrogens is 384 g/mol. The van der Waals surface area contributed by atoms with Crippen molar-refractivity contribution >= 4 is 41.0 Å². The van der Waals surface area contributed by atoms with Crippen molar-refractivity contribution in [3.05, 3.63) is 76.2 Å². The zero-order valence-corrected chi connectivity index (χ0v) is 17.3. The molecule has 0 saturated heterocycles. The molecule has 0 saturated carbocycles. The Balaban J connectivity index is 1.59. The minimum Gasteiger partial charge on any atom is -0.423 e. The summed E-state index contributed by atoms with van der Waals surface area (Å²) in [6.45, 7) is 6.47. The maximum atomic E-state index is 12.1. The number of benzene rings is 2. The third kappa shape index (κ3) is 5.68. The van der Waals surface area contributed by atoms with Gasteiger partial charge in [-0.15, -0.1) is 0 Å². The number of ether oxygens (including phenoxy) is 1.